The van der Waals surface area contributed by atoms with Gasteiger partial charge in [-0.3, -0.25) is 9.59 Å². The van der Waals surface area contributed by atoms with E-state index in [1.54, 1.807) is 0 Å². The maximum atomic E-state index is 12.1. The largest absolute Gasteiger partial charge is 0.480 e. The zero-order valence-electron chi connectivity index (χ0n) is 9.37. The molecule has 18 heavy (non-hydrogen) atoms. The second-order valence-corrected chi connectivity index (χ2v) is 4.11. The van der Waals surface area contributed by atoms with Crippen LogP contribution in [-0.4, -0.2) is 50.7 Å². The summed E-state index contributed by atoms with van der Waals surface area (Å²) in [5, 5.41) is 18.4. The number of aliphatic hydroxyl groups is 1. The standard InChI is InChI=1S/C11H12N2O5/c14-6-4-8(11(17)18)13(5-6)10(16)7-2-1-3-12-9(7)15/h1-3,6,8,14H,4-5H2,(H,12,15)(H,17,18)/t6-,8-/m1/s1. The van der Waals surface area contributed by atoms with Crippen molar-refractivity contribution in [1.29, 1.82) is 0 Å². The Balaban J connectivity index is 2.31. The molecule has 1 saturated heterocycles. The van der Waals surface area contributed by atoms with Gasteiger partial charge in [0.1, 0.15) is 11.6 Å². The minimum Gasteiger partial charge on any atom is -0.480 e. The fraction of sp³-hybridized carbons (Fsp3) is 0.364. The van der Waals surface area contributed by atoms with Crippen LogP contribution in [0.15, 0.2) is 23.1 Å². The van der Waals surface area contributed by atoms with Crippen LogP contribution < -0.4 is 5.56 Å². The number of carboxylic acid groups (broad SMARTS) is 1. The molecule has 7 nitrogen and oxygen atoms in total. The highest BCUT2D eigenvalue weighted by molar-refractivity contribution is 5.96. The summed E-state index contributed by atoms with van der Waals surface area (Å²) in [6.07, 6.45) is 0.483. The Kier molecular flexibility index (Phi) is 3.15. The second kappa shape index (κ2) is 4.61. The number of hydrogen-bond acceptors (Lipinski definition) is 4. The molecule has 0 aliphatic carbocycles. The highest BCUT2D eigenvalue weighted by Crippen LogP contribution is 2.19. The number of carboxylic acids is 1. The third-order valence-corrected chi connectivity index (χ3v) is 2.87. The van der Waals surface area contributed by atoms with Crippen LogP contribution in [0.3, 0.4) is 0 Å². The molecule has 1 aromatic heterocycles. The molecule has 7 heteroatoms. The minimum atomic E-state index is -1.19. The SMILES string of the molecule is O=C(O)[C@H]1C[C@@H](O)CN1C(=O)c1ccc[nH]c1=O. The van der Waals surface area contributed by atoms with E-state index in [4.69, 9.17) is 5.11 Å². The predicted octanol–water partition coefficient (Wildman–Crippen LogP) is -0.965. The molecule has 1 aliphatic heterocycles. The van der Waals surface area contributed by atoms with Crippen LogP contribution in [0.4, 0.5) is 0 Å². The molecule has 1 amide bonds. The van der Waals surface area contributed by atoms with Crippen molar-refractivity contribution in [3.8, 4) is 0 Å². The molecule has 0 bridgehead atoms. The van der Waals surface area contributed by atoms with Gasteiger partial charge in [0.25, 0.3) is 11.5 Å². The first kappa shape index (κ1) is 12.3. The fourth-order valence-corrected chi connectivity index (χ4v) is 2.02. The van der Waals surface area contributed by atoms with E-state index in [-0.39, 0.29) is 18.5 Å². The zero-order chi connectivity index (χ0) is 13.3. The monoisotopic (exact) mass is 252 g/mol. The van der Waals surface area contributed by atoms with E-state index in [1.807, 2.05) is 0 Å². The smallest absolute Gasteiger partial charge is 0.326 e. The number of aliphatic hydroxyl groups excluding tert-OH is 1. The summed E-state index contributed by atoms with van der Waals surface area (Å²) >= 11 is 0. The summed E-state index contributed by atoms with van der Waals surface area (Å²) in [7, 11) is 0. The normalized spacial score (nSPS) is 23.1. The van der Waals surface area contributed by atoms with Crippen LogP contribution in [0.2, 0.25) is 0 Å². The molecule has 2 atom stereocenters. The number of likely N-dealkylation sites (tertiary alicyclic amines) is 1. The molecular formula is C11H12N2O5. The average molecular weight is 252 g/mol. The Morgan fingerprint density at radius 3 is 2.78 bits per heavy atom. The molecule has 3 N–H and O–H groups in total. The van der Waals surface area contributed by atoms with E-state index in [0.29, 0.717) is 0 Å². The molecule has 96 valence electrons. The first-order valence-electron chi connectivity index (χ1n) is 5.40. The van der Waals surface area contributed by atoms with Gasteiger partial charge in [-0.05, 0) is 12.1 Å². The van der Waals surface area contributed by atoms with E-state index in [2.05, 4.69) is 4.98 Å². The number of aromatic nitrogens is 1. The number of β-amino-alcohol motifs (C(OH)–C–C–N with tert-alkyl or cyclic N) is 1. The lowest BCUT2D eigenvalue weighted by molar-refractivity contribution is -0.141. The maximum absolute atomic E-state index is 12.1. The lowest BCUT2D eigenvalue weighted by Crippen LogP contribution is -2.42. The van der Waals surface area contributed by atoms with Gasteiger partial charge in [0, 0.05) is 19.2 Å². The average Bonchev–Trinajstić information content (AvgIpc) is 2.71. The Labute approximate surface area is 102 Å². The van der Waals surface area contributed by atoms with Gasteiger partial charge in [-0.15, -0.1) is 0 Å². The van der Waals surface area contributed by atoms with Crippen molar-refractivity contribution in [2.75, 3.05) is 6.54 Å². The molecule has 0 aromatic carbocycles. The van der Waals surface area contributed by atoms with E-state index in [9.17, 15) is 19.5 Å². The molecule has 0 radical (unpaired) electrons. The van der Waals surface area contributed by atoms with Crippen LogP contribution in [0.5, 0.6) is 0 Å². The topological polar surface area (TPSA) is 111 Å². The van der Waals surface area contributed by atoms with E-state index < -0.39 is 29.6 Å². The maximum Gasteiger partial charge on any atom is 0.326 e. The summed E-state index contributed by atoms with van der Waals surface area (Å²) in [6.45, 7) is -0.0792. The van der Waals surface area contributed by atoms with Crippen molar-refractivity contribution < 1.29 is 19.8 Å². The first-order chi connectivity index (χ1) is 8.50. The summed E-state index contributed by atoms with van der Waals surface area (Å²) in [5.41, 5.74) is -0.703. The highest BCUT2D eigenvalue weighted by atomic mass is 16.4. The summed E-state index contributed by atoms with van der Waals surface area (Å²) in [4.78, 5) is 37.9. The van der Waals surface area contributed by atoms with Crippen LogP contribution in [0, 0.1) is 0 Å². The number of aromatic amines is 1. The van der Waals surface area contributed by atoms with Crippen molar-refractivity contribution in [2.24, 2.45) is 0 Å². The van der Waals surface area contributed by atoms with Gasteiger partial charge in [-0.2, -0.15) is 0 Å². The molecular weight excluding hydrogens is 240 g/mol. The van der Waals surface area contributed by atoms with Gasteiger partial charge >= 0.3 is 5.97 Å². The third-order valence-electron chi connectivity index (χ3n) is 2.87. The molecule has 1 fully saturated rings. The molecule has 0 saturated carbocycles. The number of amides is 1. The quantitative estimate of drug-likeness (QED) is 0.627. The fourth-order valence-electron chi connectivity index (χ4n) is 2.02. The Bertz CT molecular complexity index is 538. The van der Waals surface area contributed by atoms with Crippen molar-refractivity contribution in [1.82, 2.24) is 9.88 Å². The number of carbonyl (C=O) groups excluding carboxylic acids is 1. The van der Waals surface area contributed by atoms with Crippen LogP contribution in [-0.2, 0) is 4.79 Å². The molecule has 2 heterocycles. The van der Waals surface area contributed by atoms with E-state index >= 15 is 0 Å². The minimum absolute atomic E-state index is 0.0220. The van der Waals surface area contributed by atoms with Gasteiger partial charge in [0.05, 0.1) is 6.10 Å². The summed E-state index contributed by atoms with van der Waals surface area (Å²) < 4.78 is 0. The third kappa shape index (κ3) is 2.12. The Morgan fingerprint density at radius 1 is 1.44 bits per heavy atom. The van der Waals surface area contributed by atoms with E-state index in [1.165, 1.54) is 18.3 Å². The number of pyridine rings is 1. The summed E-state index contributed by atoms with van der Waals surface area (Å²) in [5.74, 6) is -1.87. The van der Waals surface area contributed by atoms with Gasteiger partial charge in [0.2, 0.25) is 0 Å². The zero-order valence-corrected chi connectivity index (χ0v) is 9.37. The Morgan fingerprint density at radius 2 is 2.17 bits per heavy atom. The number of nitrogens with zero attached hydrogens (tertiary/aromatic N) is 1. The number of hydrogen-bond donors (Lipinski definition) is 3. The van der Waals surface area contributed by atoms with Gasteiger partial charge in [-0.25, -0.2) is 4.79 Å². The van der Waals surface area contributed by atoms with Crippen molar-refractivity contribution >= 4 is 11.9 Å². The van der Waals surface area contributed by atoms with E-state index in [0.717, 1.165) is 4.90 Å². The second-order valence-electron chi connectivity index (χ2n) is 4.11. The molecule has 0 spiro atoms. The lowest BCUT2D eigenvalue weighted by Gasteiger charge is -2.20. The number of carbonyl (C=O) groups is 2. The summed E-state index contributed by atoms with van der Waals surface area (Å²) in [6, 6.07) is 1.72. The number of aliphatic carboxylic acids is 1. The molecule has 0 unspecified atom stereocenters. The van der Waals surface area contributed by atoms with Crippen molar-refractivity contribution in [3.63, 3.8) is 0 Å². The molecule has 1 aromatic rings. The van der Waals surface area contributed by atoms with Gasteiger partial charge in [-0.1, -0.05) is 0 Å². The number of nitrogens with one attached hydrogen (secondary N) is 1. The van der Waals surface area contributed by atoms with Crippen molar-refractivity contribution in [3.05, 3.63) is 34.2 Å². The predicted molar refractivity (Wildman–Crippen MR) is 60.1 cm³/mol. The van der Waals surface area contributed by atoms with Crippen LogP contribution >= 0.6 is 0 Å². The molecule has 2 rings (SSSR count). The van der Waals surface area contributed by atoms with Crippen LogP contribution in [0.25, 0.3) is 0 Å². The van der Waals surface area contributed by atoms with Gasteiger partial charge in [0.15, 0.2) is 0 Å². The lowest BCUT2D eigenvalue weighted by atomic mass is 10.2. The van der Waals surface area contributed by atoms with Crippen LogP contribution in [0.1, 0.15) is 16.8 Å². The van der Waals surface area contributed by atoms with Crippen molar-refractivity contribution in [2.45, 2.75) is 18.6 Å². The Hall–Kier alpha value is -2.15. The molecule has 1 aliphatic rings. The number of H-pyrrole nitrogens is 1. The van der Waals surface area contributed by atoms with Gasteiger partial charge < -0.3 is 20.1 Å². The number of rotatable bonds is 2. The highest BCUT2D eigenvalue weighted by Gasteiger charge is 2.39. The first-order valence-corrected chi connectivity index (χ1v) is 5.40.